The highest BCUT2D eigenvalue weighted by molar-refractivity contribution is 5.25. The molecule has 0 aliphatic carbocycles. The molecule has 0 fully saturated rings. The van der Waals surface area contributed by atoms with E-state index in [-0.39, 0.29) is 0 Å². The first-order chi connectivity index (χ1) is 8.22. The molecule has 2 aromatic rings. The molecule has 0 spiro atoms. The second-order valence-electron chi connectivity index (χ2n) is 3.75. The predicted octanol–water partition coefficient (Wildman–Crippen LogP) is 3.74. The average molecular weight is 230 g/mol. The molecule has 2 rings (SSSR count). The van der Waals surface area contributed by atoms with Gasteiger partial charge in [-0.05, 0) is 36.2 Å². The lowest BCUT2D eigenvalue weighted by Gasteiger charge is -1.96. The summed E-state index contributed by atoms with van der Waals surface area (Å²) in [5.41, 5.74) is 1.29. The molecule has 0 aromatic heterocycles. The number of phenols is 2. The van der Waals surface area contributed by atoms with Gasteiger partial charge in [0.25, 0.3) is 0 Å². The third-order valence-electron chi connectivity index (χ3n) is 2.23. The Labute approximate surface area is 102 Å². The molecule has 0 radical (unpaired) electrons. The monoisotopic (exact) mass is 230 g/mol. The van der Waals surface area contributed by atoms with E-state index in [0.29, 0.717) is 11.5 Å². The van der Waals surface area contributed by atoms with Crippen molar-refractivity contribution in [1.82, 2.24) is 0 Å². The lowest BCUT2D eigenvalue weighted by atomic mass is 10.1. The van der Waals surface area contributed by atoms with Crippen LogP contribution < -0.4 is 0 Å². The van der Waals surface area contributed by atoms with E-state index in [4.69, 9.17) is 10.2 Å². The maximum absolute atomic E-state index is 8.92. The second kappa shape index (κ2) is 7.34. The third kappa shape index (κ3) is 5.61. The summed E-state index contributed by atoms with van der Waals surface area (Å²) in [6.07, 6.45) is 2.26. The predicted molar refractivity (Wildman–Crippen MR) is 70.2 cm³/mol. The first-order valence-corrected chi connectivity index (χ1v) is 5.74. The van der Waals surface area contributed by atoms with Gasteiger partial charge in [0.15, 0.2) is 0 Å². The second-order valence-corrected chi connectivity index (χ2v) is 3.75. The molecular formula is C15H18O2. The number of benzene rings is 2. The molecule has 2 N–H and O–H groups in total. The highest BCUT2D eigenvalue weighted by atomic mass is 16.3. The highest BCUT2D eigenvalue weighted by Gasteiger charge is 1.89. The van der Waals surface area contributed by atoms with E-state index in [0.717, 1.165) is 12.8 Å². The molecule has 90 valence electrons. The van der Waals surface area contributed by atoms with E-state index in [2.05, 4.69) is 6.92 Å². The Morgan fingerprint density at radius 1 is 0.765 bits per heavy atom. The molecule has 0 aliphatic rings. The Morgan fingerprint density at radius 3 is 1.71 bits per heavy atom. The van der Waals surface area contributed by atoms with Crippen LogP contribution in [-0.2, 0) is 6.42 Å². The van der Waals surface area contributed by atoms with Crippen molar-refractivity contribution in [2.45, 2.75) is 19.8 Å². The van der Waals surface area contributed by atoms with Gasteiger partial charge in [-0.15, -0.1) is 0 Å². The Balaban J connectivity index is 0.000000181. The number of para-hydroxylation sites is 1. The summed E-state index contributed by atoms with van der Waals surface area (Å²) in [4.78, 5) is 0. The van der Waals surface area contributed by atoms with Gasteiger partial charge in [0.2, 0.25) is 0 Å². The summed E-state index contributed by atoms with van der Waals surface area (Å²) in [5.74, 6) is 0.669. The smallest absolute Gasteiger partial charge is 0.115 e. The van der Waals surface area contributed by atoms with Crippen LogP contribution in [0.25, 0.3) is 0 Å². The minimum absolute atomic E-state index is 0.322. The molecule has 0 heterocycles. The molecule has 2 nitrogen and oxygen atoms in total. The highest BCUT2D eigenvalue weighted by Crippen LogP contribution is 2.10. The number of aromatic hydroxyl groups is 2. The SMILES string of the molecule is CCCc1ccc(O)cc1.Oc1ccccc1. The fourth-order valence-corrected chi connectivity index (χ4v) is 1.38. The minimum Gasteiger partial charge on any atom is -0.508 e. The molecule has 0 aliphatic heterocycles. The molecule has 0 saturated heterocycles. The molecule has 2 heteroatoms. The summed E-state index contributed by atoms with van der Waals surface area (Å²) in [6, 6.07) is 16.1. The zero-order valence-corrected chi connectivity index (χ0v) is 10.0. The summed E-state index contributed by atoms with van der Waals surface area (Å²) >= 11 is 0. The summed E-state index contributed by atoms with van der Waals surface area (Å²) in [7, 11) is 0. The van der Waals surface area contributed by atoms with Gasteiger partial charge in [-0.25, -0.2) is 0 Å². The van der Waals surface area contributed by atoms with Crippen LogP contribution in [0.5, 0.6) is 11.5 Å². The van der Waals surface area contributed by atoms with Crippen LogP contribution in [0, 0.1) is 0 Å². The van der Waals surface area contributed by atoms with Crippen molar-refractivity contribution in [3.8, 4) is 11.5 Å². The lowest BCUT2D eigenvalue weighted by molar-refractivity contribution is 0.474. The first kappa shape index (κ1) is 13.1. The van der Waals surface area contributed by atoms with Crippen molar-refractivity contribution < 1.29 is 10.2 Å². The van der Waals surface area contributed by atoms with Crippen LogP contribution in [0.4, 0.5) is 0 Å². The summed E-state index contributed by atoms with van der Waals surface area (Å²) in [5, 5.41) is 17.6. The normalized spacial score (nSPS) is 9.24. The van der Waals surface area contributed by atoms with Crippen molar-refractivity contribution in [3.63, 3.8) is 0 Å². The standard InChI is InChI=1S/C9H12O.C6H6O/c1-2-3-8-4-6-9(10)7-5-8;7-6-4-2-1-3-5-6/h4-7,10H,2-3H2,1H3;1-5,7H. The lowest BCUT2D eigenvalue weighted by Crippen LogP contribution is -1.79. The zero-order valence-electron chi connectivity index (χ0n) is 10.0. The molecule has 2 aromatic carbocycles. The molecular weight excluding hydrogens is 212 g/mol. The topological polar surface area (TPSA) is 40.5 Å². The zero-order chi connectivity index (χ0) is 12.5. The largest absolute Gasteiger partial charge is 0.508 e. The number of hydrogen-bond acceptors (Lipinski definition) is 2. The van der Waals surface area contributed by atoms with E-state index < -0.39 is 0 Å². The van der Waals surface area contributed by atoms with Gasteiger partial charge < -0.3 is 10.2 Å². The average Bonchev–Trinajstić information content (AvgIpc) is 2.34. The molecule has 0 saturated carbocycles. The fourth-order valence-electron chi connectivity index (χ4n) is 1.38. The molecule has 0 unspecified atom stereocenters. The molecule has 0 bridgehead atoms. The number of hydrogen-bond donors (Lipinski definition) is 2. The van der Waals surface area contributed by atoms with Gasteiger partial charge >= 0.3 is 0 Å². The van der Waals surface area contributed by atoms with Crippen LogP contribution in [0.15, 0.2) is 54.6 Å². The van der Waals surface area contributed by atoms with Crippen LogP contribution in [0.1, 0.15) is 18.9 Å². The van der Waals surface area contributed by atoms with Crippen molar-refractivity contribution >= 4 is 0 Å². The first-order valence-electron chi connectivity index (χ1n) is 5.74. The fraction of sp³-hybridized carbons (Fsp3) is 0.200. The van der Waals surface area contributed by atoms with Gasteiger partial charge in [-0.2, -0.15) is 0 Å². The van der Waals surface area contributed by atoms with Crippen LogP contribution in [0.3, 0.4) is 0 Å². The van der Waals surface area contributed by atoms with Crippen molar-refractivity contribution in [3.05, 3.63) is 60.2 Å². The van der Waals surface area contributed by atoms with Crippen LogP contribution >= 0.6 is 0 Å². The van der Waals surface area contributed by atoms with Gasteiger partial charge in [-0.1, -0.05) is 43.7 Å². The number of aryl methyl sites for hydroxylation is 1. The van der Waals surface area contributed by atoms with E-state index >= 15 is 0 Å². The van der Waals surface area contributed by atoms with E-state index in [1.54, 1.807) is 36.4 Å². The van der Waals surface area contributed by atoms with E-state index in [1.807, 2.05) is 18.2 Å². The van der Waals surface area contributed by atoms with Crippen molar-refractivity contribution in [2.24, 2.45) is 0 Å². The van der Waals surface area contributed by atoms with E-state index in [9.17, 15) is 0 Å². The Hall–Kier alpha value is -1.96. The third-order valence-corrected chi connectivity index (χ3v) is 2.23. The van der Waals surface area contributed by atoms with Crippen LogP contribution in [-0.4, -0.2) is 10.2 Å². The Kier molecular flexibility index (Phi) is 5.66. The maximum Gasteiger partial charge on any atom is 0.115 e. The van der Waals surface area contributed by atoms with Gasteiger partial charge in [0.05, 0.1) is 0 Å². The number of phenolic OH excluding ortho intramolecular Hbond substituents is 2. The van der Waals surface area contributed by atoms with Gasteiger partial charge in [-0.3, -0.25) is 0 Å². The molecule has 17 heavy (non-hydrogen) atoms. The molecule has 0 atom stereocenters. The minimum atomic E-state index is 0.322. The van der Waals surface area contributed by atoms with Gasteiger partial charge in [0.1, 0.15) is 11.5 Å². The maximum atomic E-state index is 8.92. The Bertz CT molecular complexity index is 407. The quantitative estimate of drug-likeness (QED) is 0.825. The van der Waals surface area contributed by atoms with Crippen LogP contribution in [0.2, 0.25) is 0 Å². The molecule has 0 amide bonds. The van der Waals surface area contributed by atoms with Crippen molar-refractivity contribution in [2.75, 3.05) is 0 Å². The summed E-state index contributed by atoms with van der Waals surface area (Å²) < 4.78 is 0. The summed E-state index contributed by atoms with van der Waals surface area (Å²) in [6.45, 7) is 2.15. The van der Waals surface area contributed by atoms with Crippen molar-refractivity contribution in [1.29, 1.82) is 0 Å². The van der Waals surface area contributed by atoms with Gasteiger partial charge in [0, 0.05) is 0 Å². The Morgan fingerprint density at radius 2 is 1.29 bits per heavy atom. The van der Waals surface area contributed by atoms with E-state index in [1.165, 1.54) is 5.56 Å². The number of rotatable bonds is 2.